The number of nitrogens with two attached hydrogens (primary N) is 1. The van der Waals surface area contributed by atoms with Gasteiger partial charge in [0.1, 0.15) is 101 Å². The van der Waals surface area contributed by atoms with Gasteiger partial charge >= 0.3 is 0 Å². The van der Waals surface area contributed by atoms with Crippen molar-refractivity contribution in [1.82, 2.24) is 53.0 Å². The lowest BCUT2D eigenvalue weighted by atomic mass is 9.84. The van der Waals surface area contributed by atoms with Gasteiger partial charge in [-0.2, -0.15) is 0 Å². The SMILES string of the molecule is CN[C@H](CC(C)C)C(=O)N[C@H]1C(=O)N[C@@H](CC(N)=O)C(=O)N[C@H]2C(=O)N[C@H]3C(=O)N[C@H](C(=O)N[C@@H](C(=O)NO)c4cc(O)cc(O)c4-c4cc3ccc4O)[C@H](O)c3ccc(c(Cl)c3)Oc3cc2cc(c3O[C@@H]2O[C@H](CO)[C@@H](O)[C@H](O)[C@H]2O[C@H]2C[C@](C)(NCc3cncc(NC(=O)c4ccc(F)c(Cl)c4)c3)[C@H](O)[C@H](C)O2)Oc2ccc(cc2Cl)[C@H]1O. The summed E-state index contributed by atoms with van der Waals surface area (Å²) in [5.41, 5.74) is 3.55. The first-order valence-electron chi connectivity index (χ1n) is 37.3. The zero-order valence-corrected chi connectivity index (χ0v) is 66.3. The molecule has 7 aliphatic heterocycles. The van der Waals surface area contributed by atoms with E-state index in [1.807, 2.05) is 13.8 Å². The number of phenolic OH excluding ortho intramolecular Hbond substituents is 3. The smallest absolute Gasteiger partial charge is 0.270 e. The van der Waals surface area contributed by atoms with Crippen LogP contribution in [0.25, 0.3) is 11.1 Å². The van der Waals surface area contributed by atoms with E-state index in [1.165, 1.54) is 50.0 Å². The normalized spacial score (nSPS) is 26.5. The third-order valence-corrected chi connectivity index (χ3v) is 21.7. The van der Waals surface area contributed by atoms with Crippen LogP contribution in [0.2, 0.25) is 15.1 Å². The zero-order valence-electron chi connectivity index (χ0n) is 64.0. The average Bonchev–Trinajstić information content (AvgIpc) is 0.763. The molecule has 9 amide bonds. The molecule has 18 atom stereocenters. The lowest BCUT2D eigenvalue weighted by molar-refractivity contribution is -0.334. The Morgan fingerprint density at radius 2 is 1.36 bits per heavy atom. The number of amides is 9. The number of aromatic nitrogens is 1. The number of benzene rings is 6. The van der Waals surface area contributed by atoms with E-state index in [0.29, 0.717) is 5.56 Å². The Labute approximate surface area is 696 Å². The molecular formula is C79H84Cl3FN12O25. The molecule has 7 aliphatic rings. The Kier molecular flexibility index (Phi) is 27.0. The van der Waals surface area contributed by atoms with Gasteiger partial charge in [-0.1, -0.05) is 66.8 Å². The van der Waals surface area contributed by atoms with E-state index in [9.17, 15) is 79.5 Å². The third-order valence-electron chi connectivity index (χ3n) is 20.8. The molecule has 2 saturated heterocycles. The maximum absolute atomic E-state index is 16.2. The fraction of sp³-hybridized carbons (Fsp3) is 0.367. The van der Waals surface area contributed by atoms with E-state index < -0.39 is 254 Å². The topological polar surface area (TPSA) is 571 Å². The number of phenols is 3. The lowest BCUT2D eigenvalue weighted by Gasteiger charge is -2.48. The number of carbonyl (C=O) groups excluding carboxylic acids is 9. The zero-order chi connectivity index (χ0) is 86.8. The Morgan fingerprint density at radius 3 is 1.99 bits per heavy atom. The number of carbonyl (C=O) groups is 9. The molecule has 120 heavy (non-hydrogen) atoms. The molecule has 1 aromatic heterocycles. The van der Waals surface area contributed by atoms with E-state index in [2.05, 4.69) is 52.8 Å². The molecule has 0 spiro atoms. The number of nitrogens with zero attached hydrogens (tertiary/aromatic N) is 1. The van der Waals surface area contributed by atoms with Gasteiger partial charge in [0.15, 0.2) is 23.9 Å². The molecule has 37 nitrogen and oxygen atoms in total. The van der Waals surface area contributed by atoms with E-state index in [1.54, 1.807) is 13.0 Å². The largest absolute Gasteiger partial charge is 0.508 e. The van der Waals surface area contributed by atoms with Crippen LogP contribution in [0.5, 0.6) is 46.0 Å². The quantitative estimate of drug-likeness (QED) is 0.0434. The van der Waals surface area contributed by atoms with Gasteiger partial charge < -0.3 is 128 Å². The van der Waals surface area contributed by atoms with Gasteiger partial charge in [-0.3, -0.25) is 53.3 Å². The molecule has 22 N–H and O–H groups in total. The number of fused-ring (bicyclic) bond motifs is 15. The summed E-state index contributed by atoms with van der Waals surface area (Å²) in [7, 11) is 1.46. The number of halogens is 4. The number of primary amides is 1. The van der Waals surface area contributed by atoms with Crippen molar-refractivity contribution < 1.29 is 127 Å². The fourth-order valence-corrected chi connectivity index (χ4v) is 15.1. The second-order valence-corrected chi connectivity index (χ2v) is 31.0. The summed E-state index contributed by atoms with van der Waals surface area (Å²) in [6, 6.07) is 4.03. The number of nitrogens with one attached hydrogen (secondary N) is 10. The molecule has 638 valence electrons. The summed E-state index contributed by atoms with van der Waals surface area (Å²) in [5, 5.41) is 138. The highest BCUT2D eigenvalue weighted by Crippen LogP contribution is 2.50. The molecule has 41 heteroatoms. The lowest BCUT2D eigenvalue weighted by Crippen LogP contribution is -2.65. The Balaban J connectivity index is 1.02. The van der Waals surface area contributed by atoms with Crippen LogP contribution in [-0.2, 0) is 59.1 Å². The monoisotopic (exact) mass is 1720 g/mol. The number of ether oxygens (including phenoxy) is 6. The number of aliphatic hydroxyl groups excluding tert-OH is 6. The standard InChI is InChI=1S/C79H84Cl3FN12O25/c1-30(2)14-46(85-5)71(107)93-61-63(101)34-8-12-50(43(81)17-34)116-52-20-37-21-53(67(52)120-78-68(66(104)65(103)54(29-96)118-78)119-56-25-79(4,69(105)31(3)115-56)87-27-32-15-38(28-86-26-32)88-70(106)36-6-10-45(83)42(80)19-36)117-51-13-9-35(18-44(51)82)64(102)62-76(112)92-60(77(113)95-114)41-22-39(97)23-49(99)57(41)40-16-33(7-11-48(40)98)58(73(109)94-62)91-74(110)59(37)90-72(108)47(24-55(84)100)89-75(61)111/h6-13,15-23,26,28,30-31,46-47,54,56,58-66,68-69,78,85,87,96-99,101-105,114H,14,24-25,27,29H2,1-5H3,(H2,84,100)(H,88,106)(H,89,111)(H,90,108)(H,91,110)(H,92,112)(H,93,107)(H,94,109)(H,95,113)/t31-,46+,47-,54+,56-,58+,59+,60+,61+,62-,63+,64+,65+,66-,68+,69+,78-,79-/m0/s1. The second kappa shape index (κ2) is 36.8. The molecule has 11 bridgehead atoms. The van der Waals surface area contributed by atoms with Gasteiger partial charge in [0.2, 0.25) is 53.4 Å². The molecule has 6 aromatic carbocycles. The number of likely N-dealkylation sites (N-methyl/N-ethyl adjacent to an activating group) is 1. The van der Waals surface area contributed by atoms with Crippen LogP contribution in [0.1, 0.15) is 121 Å². The molecule has 0 saturated carbocycles. The third kappa shape index (κ3) is 19.2. The van der Waals surface area contributed by atoms with Gasteiger partial charge in [-0.05, 0) is 145 Å². The number of anilines is 1. The van der Waals surface area contributed by atoms with Gasteiger partial charge in [-0.15, -0.1) is 0 Å². The molecule has 0 unspecified atom stereocenters. The number of aromatic hydroxyl groups is 3. The summed E-state index contributed by atoms with van der Waals surface area (Å²) in [6.45, 7) is 5.65. The summed E-state index contributed by atoms with van der Waals surface area (Å²) in [6.07, 6.45) is -16.7. The van der Waals surface area contributed by atoms with Crippen molar-refractivity contribution in [2.24, 2.45) is 11.7 Å². The Hall–Kier alpha value is -11.2. The first kappa shape index (κ1) is 88.1. The highest BCUT2D eigenvalue weighted by atomic mass is 35.5. The molecule has 14 rings (SSSR count). The van der Waals surface area contributed by atoms with E-state index in [-0.39, 0.29) is 64.0 Å². The van der Waals surface area contributed by atoms with Gasteiger partial charge in [0, 0.05) is 47.5 Å². The van der Waals surface area contributed by atoms with Crippen LogP contribution in [0.3, 0.4) is 0 Å². The summed E-state index contributed by atoms with van der Waals surface area (Å²) < 4.78 is 53.3. The van der Waals surface area contributed by atoms with Gasteiger partial charge in [0.05, 0.1) is 58.2 Å². The summed E-state index contributed by atoms with van der Waals surface area (Å²) in [5.74, 6) is -17.4. The van der Waals surface area contributed by atoms with Crippen molar-refractivity contribution in [1.29, 1.82) is 0 Å². The summed E-state index contributed by atoms with van der Waals surface area (Å²) >= 11 is 20.2. The number of hydrogen-bond donors (Lipinski definition) is 21. The Morgan fingerprint density at radius 1 is 0.708 bits per heavy atom. The van der Waals surface area contributed by atoms with E-state index in [4.69, 9.17) is 69.0 Å². The summed E-state index contributed by atoms with van der Waals surface area (Å²) in [4.78, 5) is 136. The van der Waals surface area contributed by atoms with Crippen LogP contribution in [0.15, 0.2) is 116 Å². The molecule has 0 radical (unpaired) electrons. The van der Waals surface area contributed by atoms with Crippen LogP contribution < -0.4 is 73.3 Å². The van der Waals surface area contributed by atoms with Crippen molar-refractivity contribution in [3.05, 3.63) is 175 Å². The van der Waals surface area contributed by atoms with Crippen molar-refractivity contribution in [3.63, 3.8) is 0 Å². The maximum Gasteiger partial charge on any atom is 0.270 e. The first-order chi connectivity index (χ1) is 56.9. The maximum atomic E-state index is 16.2. The minimum atomic E-state index is -2.40. The highest BCUT2D eigenvalue weighted by Gasteiger charge is 2.52. The minimum Gasteiger partial charge on any atom is -0.508 e. The molecule has 2 fully saturated rings. The predicted octanol–water partition coefficient (Wildman–Crippen LogP) is 2.80. The number of pyridine rings is 1. The van der Waals surface area contributed by atoms with Crippen molar-refractivity contribution in [2.75, 3.05) is 19.0 Å². The average molecular weight is 1730 g/mol. The van der Waals surface area contributed by atoms with Crippen molar-refractivity contribution in [2.45, 2.75) is 163 Å². The molecular weight excluding hydrogens is 1640 g/mol. The van der Waals surface area contributed by atoms with Crippen LogP contribution in [-0.4, -0.2) is 202 Å². The highest BCUT2D eigenvalue weighted by molar-refractivity contribution is 6.32. The first-order valence-corrected chi connectivity index (χ1v) is 38.4. The number of rotatable bonds is 18. The van der Waals surface area contributed by atoms with Crippen LogP contribution >= 0.6 is 34.8 Å². The Bertz CT molecular complexity index is 5160. The van der Waals surface area contributed by atoms with Gasteiger partial charge in [0.25, 0.3) is 11.8 Å². The number of hydroxylamine groups is 1. The van der Waals surface area contributed by atoms with Crippen molar-refractivity contribution in [3.8, 4) is 57.1 Å². The molecule has 0 aliphatic carbocycles. The molecule has 8 heterocycles. The molecule has 7 aromatic rings. The van der Waals surface area contributed by atoms with E-state index >= 15 is 19.2 Å². The minimum absolute atomic E-state index is 0.0404. The van der Waals surface area contributed by atoms with Crippen LogP contribution in [0, 0.1) is 11.7 Å². The second-order valence-electron chi connectivity index (χ2n) is 29.8. The number of aliphatic hydroxyl groups is 6. The van der Waals surface area contributed by atoms with Crippen molar-refractivity contribution >= 4 is 93.7 Å². The van der Waals surface area contributed by atoms with Crippen LogP contribution in [0.4, 0.5) is 10.1 Å². The fourth-order valence-electron chi connectivity index (χ4n) is 14.5. The number of hydrogen-bond acceptors (Lipinski definition) is 28. The predicted molar refractivity (Wildman–Crippen MR) is 418 cm³/mol. The van der Waals surface area contributed by atoms with Gasteiger partial charge in [-0.25, -0.2) is 9.87 Å². The van der Waals surface area contributed by atoms with E-state index in [0.717, 1.165) is 78.9 Å².